The molecule has 1 aromatic carbocycles. The number of rotatable bonds is 7. The van der Waals surface area contributed by atoms with Crippen molar-refractivity contribution < 1.29 is 24.4 Å². The van der Waals surface area contributed by atoms with Crippen LogP contribution < -0.4 is 4.74 Å². The first kappa shape index (κ1) is 16.7. The number of hydrogen-bond donors (Lipinski definition) is 3. The Hall–Kier alpha value is -2.75. The van der Waals surface area contributed by atoms with Gasteiger partial charge in [-0.05, 0) is 0 Å². The second kappa shape index (κ2) is 6.52. The van der Waals surface area contributed by atoms with Gasteiger partial charge in [-0.25, -0.2) is 4.98 Å². The van der Waals surface area contributed by atoms with Crippen molar-refractivity contribution in [2.75, 3.05) is 13.1 Å². The number of carbonyl (C=O) groups is 1. The summed E-state index contributed by atoms with van der Waals surface area (Å²) in [4.78, 5) is 17.8. The van der Waals surface area contributed by atoms with Crippen molar-refractivity contribution >= 4 is 13.1 Å². The summed E-state index contributed by atoms with van der Waals surface area (Å²) < 4.78 is 16.6. The second-order valence-corrected chi connectivity index (χ2v) is 6.69. The number of carboxylic acid groups (broad SMARTS) is 1. The van der Waals surface area contributed by atoms with Crippen LogP contribution in [-0.4, -0.2) is 62.6 Å². The van der Waals surface area contributed by atoms with Gasteiger partial charge in [-0.3, -0.25) is 5.10 Å². The van der Waals surface area contributed by atoms with Gasteiger partial charge in [0.2, 0.25) is 0 Å². The first-order chi connectivity index (χ1) is 12.6. The third-order valence-electron chi connectivity index (χ3n) is 4.85. The first-order valence-electron chi connectivity index (χ1n) is 8.34. The van der Waals surface area contributed by atoms with E-state index in [1.165, 1.54) is 6.33 Å². The SMILES string of the molecule is O=B[C@H]1C[C@H]1c1ccc(OC2CN(Cc3ncn[nH]3)C2)c(C(=O)O)c1O. The van der Waals surface area contributed by atoms with E-state index in [4.69, 9.17) is 4.74 Å². The third-order valence-corrected chi connectivity index (χ3v) is 4.85. The van der Waals surface area contributed by atoms with Crippen molar-refractivity contribution in [2.45, 2.75) is 30.8 Å². The van der Waals surface area contributed by atoms with E-state index in [0.29, 0.717) is 31.6 Å². The fourth-order valence-corrected chi connectivity index (χ4v) is 3.34. The van der Waals surface area contributed by atoms with E-state index < -0.39 is 5.97 Å². The van der Waals surface area contributed by atoms with E-state index in [9.17, 15) is 19.7 Å². The molecular weight excluding hydrogens is 339 g/mol. The second-order valence-electron chi connectivity index (χ2n) is 6.69. The molecule has 0 amide bonds. The third kappa shape index (κ3) is 3.07. The number of likely N-dealkylation sites (tertiary alicyclic amines) is 1. The van der Waals surface area contributed by atoms with Crippen molar-refractivity contribution in [2.24, 2.45) is 0 Å². The maximum absolute atomic E-state index is 11.6. The molecule has 4 rings (SSSR count). The average molecular weight is 356 g/mol. The molecule has 2 aromatic rings. The van der Waals surface area contributed by atoms with Gasteiger partial charge in [0.15, 0.2) is 0 Å². The zero-order valence-electron chi connectivity index (χ0n) is 13.8. The van der Waals surface area contributed by atoms with Crippen LogP contribution in [0, 0.1) is 0 Å². The Balaban J connectivity index is 1.44. The summed E-state index contributed by atoms with van der Waals surface area (Å²) in [5.41, 5.74) is 0.250. The molecule has 10 heteroatoms. The van der Waals surface area contributed by atoms with Gasteiger partial charge in [-0.2, -0.15) is 5.10 Å². The molecule has 26 heavy (non-hydrogen) atoms. The topological polar surface area (TPSA) is 129 Å². The van der Waals surface area contributed by atoms with Crippen LogP contribution >= 0.6 is 0 Å². The van der Waals surface area contributed by atoms with Gasteiger partial charge in [0, 0.05) is 0 Å². The van der Waals surface area contributed by atoms with E-state index >= 15 is 0 Å². The van der Waals surface area contributed by atoms with E-state index in [1.807, 2.05) is 0 Å². The number of ether oxygens (including phenoxy) is 1. The minimum atomic E-state index is -1.25. The normalized spacial score (nSPS) is 22.5. The van der Waals surface area contributed by atoms with Gasteiger partial charge in [-0.15, -0.1) is 0 Å². The molecular formula is C16H17BN4O5. The van der Waals surface area contributed by atoms with Crippen LogP contribution in [0.25, 0.3) is 0 Å². The summed E-state index contributed by atoms with van der Waals surface area (Å²) in [5, 5.41) is 26.4. The number of nitrogens with one attached hydrogen (secondary N) is 1. The van der Waals surface area contributed by atoms with Crippen LogP contribution in [0.4, 0.5) is 0 Å². The van der Waals surface area contributed by atoms with Crippen LogP contribution in [0.15, 0.2) is 18.5 Å². The van der Waals surface area contributed by atoms with Gasteiger partial charge in [0.1, 0.15) is 6.33 Å². The Labute approximate surface area is 149 Å². The summed E-state index contributed by atoms with van der Waals surface area (Å²) in [5.74, 6) is -0.911. The summed E-state index contributed by atoms with van der Waals surface area (Å²) in [6.45, 7) is 1.86. The van der Waals surface area contributed by atoms with Crippen LogP contribution in [0.3, 0.4) is 0 Å². The van der Waals surface area contributed by atoms with E-state index in [-0.39, 0.29) is 34.9 Å². The number of benzene rings is 1. The fraction of sp³-hybridized carbons (Fsp3) is 0.438. The zero-order valence-corrected chi connectivity index (χ0v) is 13.8. The van der Waals surface area contributed by atoms with E-state index in [0.717, 1.165) is 13.0 Å². The molecule has 1 saturated carbocycles. The van der Waals surface area contributed by atoms with Crippen molar-refractivity contribution in [3.05, 3.63) is 35.4 Å². The molecule has 1 aliphatic heterocycles. The molecule has 0 radical (unpaired) electrons. The van der Waals surface area contributed by atoms with Crippen LogP contribution in [0.5, 0.6) is 11.5 Å². The van der Waals surface area contributed by atoms with Crippen molar-refractivity contribution in [3.8, 4) is 11.5 Å². The first-order valence-corrected chi connectivity index (χ1v) is 8.34. The minimum absolute atomic E-state index is 0.110. The van der Waals surface area contributed by atoms with Crippen molar-refractivity contribution in [1.82, 2.24) is 20.1 Å². The molecule has 2 atom stereocenters. The number of aromatic carboxylic acids is 1. The van der Waals surface area contributed by atoms with E-state index in [1.54, 1.807) is 12.1 Å². The number of aromatic amines is 1. The Morgan fingerprint density at radius 3 is 2.85 bits per heavy atom. The molecule has 3 N–H and O–H groups in total. The van der Waals surface area contributed by atoms with Gasteiger partial charge in [0.25, 0.3) is 0 Å². The molecule has 1 saturated heterocycles. The molecule has 1 aromatic heterocycles. The average Bonchev–Trinajstić information content (AvgIpc) is 3.17. The monoisotopic (exact) mass is 356 g/mol. The predicted molar refractivity (Wildman–Crippen MR) is 88.7 cm³/mol. The van der Waals surface area contributed by atoms with Gasteiger partial charge >= 0.3 is 127 Å². The Morgan fingerprint density at radius 1 is 1.42 bits per heavy atom. The van der Waals surface area contributed by atoms with Crippen LogP contribution in [0.1, 0.15) is 34.1 Å². The summed E-state index contributed by atoms with van der Waals surface area (Å²) >= 11 is 0. The Morgan fingerprint density at radius 2 is 2.23 bits per heavy atom. The molecule has 2 fully saturated rings. The molecule has 2 aliphatic rings. The fourth-order valence-electron chi connectivity index (χ4n) is 3.34. The maximum atomic E-state index is 11.6. The summed E-state index contributed by atoms with van der Waals surface area (Å²) in [6, 6.07) is 3.22. The summed E-state index contributed by atoms with van der Waals surface area (Å²) in [7, 11) is 0.840. The van der Waals surface area contributed by atoms with Gasteiger partial charge in [0.05, 0.1) is 0 Å². The number of nitrogens with zero attached hydrogens (tertiary/aromatic N) is 3. The van der Waals surface area contributed by atoms with Crippen molar-refractivity contribution in [3.63, 3.8) is 0 Å². The standard InChI is InChI=1S/C16H17BN4O5/c22-15-9(10-3-11(10)17-25)1-2-12(14(15)16(23)24)26-8-4-21(5-8)6-13-18-7-19-20-13/h1-2,7-8,10-11,22H,3-6H2,(H,23,24)(H,18,19,20)/t10-,11-/m0/s1. The van der Waals surface area contributed by atoms with Crippen molar-refractivity contribution in [1.29, 1.82) is 0 Å². The predicted octanol–water partition coefficient (Wildman–Crippen LogP) is 0.797. The number of aromatic nitrogens is 3. The van der Waals surface area contributed by atoms with Gasteiger partial charge < -0.3 is 0 Å². The summed E-state index contributed by atoms with van der Waals surface area (Å²) in [6.07, 6.45) is 1.92. The van der Waals surface area contributed by atoms with Crippen LogP contribution in [0.2, 0.25) is 5.82 Å². The number of carboxylic acids is 1. The van der Waals surface area contributed by atoms with Crippen LogP contribution in [-0.2, 0) is 11.2 Å². The quantitative estimate of drug-likeness (QED) is 0.622. The van der Waals surface area contributed by atoms with E-state index in [2.05, 4.69) is 20.1 Å². The molecule has 0 bridgehead atoms. The molecule has 134 valence electrons. The molecule has 9 nitrogen and oxygen atoms in total. The molecule has 0 unspecified atom stereocenters. The number of hydrogen-bond acceptors (Lipinski definition) is 7. The number of aromatic hydroxyl groups is 1. The molecule has 1 aliphatic carbocycles. The zero-order chi connectivity index (χ0) is 18.3. The Kier molecular flexibility index (Phi) is 4.19. The Bertz CT molecular complexity index is 837. The molecule has 0 spiro atoms. The molecule has 2 heterocycles. The van der Waals surface area contributed by atoms with Gasteiger partial charge in [-0.1, -0.05) is 0 Å². The number of H-pyrrole nitrogens is 1. The number of phenols is 1.